The number of esters is 1. The van der Waals surface area contributed by atoms with Crippen LogP contribution in [0, 0.1) is 0 Å². The summed E-state index contributed by atoms with van der Waals surface area (Å²) in [5.41, 5.74) is 0.572. The molecule has 2 aromatic rings. The molecule has 21 heavy (non-hydrogen) atoms. The molecule has 1 amide bonds. The van der Waals surface area contributed by atoms with Gasteiger partial charge in [0.25, 0.3) is 5.91 Å². The van der Waals surface area contributed by atoms with Gasteiger partial charge in [0.1, 0.15) is 6.54 Å². The van der Waals surface area contributed by atoms with Crippen LogP contribution < -0.4 is 5.32 Å². The molecule has 2 rings (SSSR count). The van der Waals surface area contributed by atoms with Crippen LogP contribution in [0.2, 0.25) is 0 Å². The molecular weight excluding hydrogens is 306 g/mol. The Labute approximate surface area is 131 Å². The fraction of sp³-hybridized carbons (Fsp3) is 0.200. The first-order valence-electron chi connectivity index (χ1n) is 6.30. The molecule has 1 aromatic carbocycles. The van der Waals surface area contributed by atoms with E-state index in [1.807, 2.05) is 29.6 Å². The lowest BCUT2D eigenvalue weighted by Gasteiger charge is -2.09. The summed E-state index contributed by atoms with van der Waals surface area (Å²) in [6.07, 6.45) is 0. The molecule has 0 aliphatic rings. The molecule has 4 nitrogen and oxygen atoms in total. The minimum Gasteiger partial charge on any atom is -0.468 e. The van der Waals surface area contributed by atoms with E-state index in [0.29, 0.717) is 5.56 Å². The second-order valence-electron chi connectivity index (χ2n) is 4.12. The van der Waals surface area contributed by atoms with Crippen molar-refractivity contribution in [2.75, 3.05) is 13.7 Å². The fourth-order valence-electron chi connectivity index (χ4n) is 1.64. The number of ether oxygens (including phenoxy) is 1. The number of carbonyl (C=O) groups is 2. The summed E-state index contributed by atoms with van der Waals surface area (Å²) in [6, 6.07) is 11.4. The van der Waals surface area contributed by atoms with Gasteiger partial charge in [0.05, 0.1) is 12.7 Å². The van der Waals surface area contributed by atoms with Crippen molar-refractivity contribution >= 4 is 35.0 Å². The molecule has 0 spiro atoms. The van der Waals surface area contributed by atoms with Crippen molar-refractivity contribution in [3.63, 3.8) is 0 Å². The second-order valence-corrected chi connectivity index (χ2v) is 6.17. The summed E-state index contributed by atoms with van der Waals surface area (Å²) in [5.74, 6) is 0.0839. The van der Waals surface area contributed by atoms with Crippen LogP contribution in [0.5, 0.6) is 0 Å². The van der Waals surface area contributed by atoms with Gasteiger partial charge in [-0.05, 0) is 23.6 Å². The second kappa shape index (κ2) is 7.85. The highest BCUT2D eigenvalue weighted by Gasteiger charge is 2.12. The molecule has 0 aliphatic carbocycles. The van der Waals surface area contributed by atoms with E-state index in [-0.39, 0.29) is 12.5 Å². The summed E-state index contributed by atoms with van der Waals surface area (Å²) in [7, 11) is 1.29. The highest BCUT2D eigenvalue weighted by molar-refractivity contribution is 7.98. The van der Waals surface area contributed by atoms with E-state index in [0.717, 1.165) is 10.6 Å². The number of hydrogen-bond acceptors (Lipinski definition) is 5. The van der Waals surface area contributed by atoms with E-state index in [1.165, 1.54) is 12.0 Å². The Morgan fingerprint density at radius 3 is 2.76 bits per heavy atom. The maximum Gasteiger partial charge on any atom is 0.325 e. The number of amides is 1. The van der Waals surface area contributed by atoms with E-state index in [1.54, 1.807) is 29.2 Å². The molecule has 0 radical (unpaired) electrons. The highest BCUT2D eigenvalue weighted by Crippen LogP contribution is 2.27. The Morgan fingerprint density at radius 2 is 2.05 bits per heavy atom. The molecule has 0 atom stereocenters. The van der Waals surface area contributed by atoms with Gasteiger partial charge in [-0.3, -0.25) is 9.59 Å². The Balaban J connectivity index is 2.02. The lowest BCUT2D eigenvalue weighted by Crippen LogP contribution is -2.30. The number of rotatable bonds is 6. The average molecular weight is 321 g/mol. The van der Waals surface area contributed by atoms with Crippen molar-refractivity contribution < 1.29 is 14.3 Å². The molecule has 6 heteroatoms. The zero-order valence-corrected chi connectivity index (χ0v) is 13.1. The first-order chi connectivity index (χ1) is 10.2. The summed E-state index contributed by atoms with van der Waals surface area (Å²) in [5, 5.41) is 4.59. The lowest BCUT2D eigenvalue weighted by atomic mass is 10.2. The number of thioether (sulfide) groups is 1. The van der Waals surface area contributed by atoms with Crippen LogP contribution in [0.3, 0.4) is 0 Å². The van der Waals surface area contributed by atoms with Gasteiger partial charge >= 0.3 is 5.97 Å². The quantitative estimate of drug-likeness (QED) is 0.656. The molecule has 0 bridgehead atoms. The summed E-state index contributed by atoms with van der Waals surface area (Å²) >= 11 is 3.30. The predicted molar refractivity (Wildman–Crippen MR) is 84.7 cm³/mol. The van der Waals surface area contributed by atoms with Gasteiger partial charge in [0, 0.05) is 15.5 Å². The largest absolute Gasteiger partial charge is 0.468 e. The van der Waals surface area contributed by atoms with Crippen molar-refractivity contribution in [2.24, 2.45) is 0 Å². The SMILES string of the molecule is COC(=O)CNC(=O)c1ccccc1SCc1cccs1. The van der Waals surface area contributed by atoms with Gasteiger partial charge in [0.2, 0.25) is 0 Å². The number of methoxy groups -OCH3 is 1. The topological polar surface area (TPSA) is 55.4 Å². The van der Waals surface area contributed by atoms with Gasteiger partial charge in [-0.25, -0.2) is 0 Å². The zero-order chi connectivity index (χ0) is 15.1. The smallest absolute Gasteiger partial charge is 0.325 e. The Bertz CT molecular complexity index is 611. The third kappa shape index (κ3) is 4.61. The summed E-state index contributed by atoms with van der Waals surface area (Å²) < 4.78 is 4.51. The standard InChI is InChI=1S/C15H15NO3S2/c1-19-14(17)9-16-15(18)12-6-2-3-7-13(12)21-10-11-5-4-8-20-11/h2-8H,9-10H2,1H3,(H,16,18). The normalized spacial score (nSPS) is 10.1. The van der Waals surface area contributed by atoms with Crippen LogP contribution >= 0.6 is 23.1 Å². The van der Waals surface area contributed by atoms with Gasteiger partial charge in [-0.15, -0.1) is 23.1 Å². The van der Waals surface area contributed by atoms with Crippen molar-refractivity contribution in [1.82, 2.24) is 5.32 Å². The third-order valence-corrected chi connectivity index (χ3v) is 4.88. The van der Waals surface area contributed by atoms with Gasteiger partial charge < -0.3 is 10.1 Å². The third-order valence-electron chi connectivity index (χ3n) is 2.70. The summed E-state index contributed by atoms with van der Waals surface area (Å²) in [4.78, 5) is 25.3. The van der Waals surface area contributed by atoms with Crippen molar-refractivity contribution in [2.45, 2.75) is 10.6 Å². The fourth-order valence-corrected chi connectivity index (χ4v) is 3.47. The van der Waals surface area contributed by atoms with Crippen molar-refractivity contribution in [1.29, 1.82) is 0 Å². The Hall–Kier alpha value is -1.79. The zero-order valence-electron chi connectivity index (χ0n) is 11.5. The monoisotopic (exact) mass is 321 g/mol. The first kappa shape index (κ1) is 15.6. The number of nitrogens with one attached hydrogen (secondary N) is 1. The maximum atomic E-state index is 12.1. The molecule has 0 unspecified atom stereocenters. The molecule has 0 fully saturated rings. The van der Waals surface area contributed by atoms with E-state index < -0.39 is 5.97 Å². The van der Waals surface area contributed by atoms with E-state index >= 15 is 0 Å². The van der Waals surface area contributed by atoms with E-state index in [4.69, 9.17) is 0 Å². The van der Waals surface area contributed by atoms with Crippen molar-refractivity contribution in [3.8, 4) is 0 Å². The molecule has 1 heterocycles. The van der Waals surface area contributed by atoms with Crippen LogP contribution in [-0.4, -0.2) is 25.5 Å². The molecule has 0 saturated heterocycles. The molecule has 1 aromatic heterocycles. The highest BCUT2D eigenvalue weighted by atomic mass is 32.2. The lowest BCUT2D eigenvalue weighted by molar-refractivity contribution is -0.139. The van der Waals surface area contributed by atoms with Crippen LogP contribution in [0.1, 0.15) is 15.2 Å². The Kier molecular flexibility index (Phi) is 5.83. The molecule has 110 valence electrons. The predicted octanol–water partition coefficient (Wildman–Crippen LogP) is 2.94. The summed E-state index contributed by atoms with van der Waals surface area (Å²) in [6.45, 7) is -0.126. The molecule has 0 aliphatic heterocycles. The molecular formula is C15H15NO3S2. The molecule has 0 saturated carbocycles. The number of hydrogen-bond donors (Lipinski definition) is 1. The van der Waals surface area contributed by atoms with Gasteiger partial charge in [0.15, 0.2) is 0 Å². The van der Waals surface area contributed by atoms with Crippen molar-refractivity contribution in [3.05, 3.63) is 52.2 Å². The minimum absolute atomic E-state index is 0.126. The number of benzene rings is 1. The average Bonchev–Trinajstić information content (AvgIpc) is 3.04. The van der Waals surface area contributed by atoms with E-state index in [2.05, 4.69) is 16.1 Å². The van der Waals surface area contributed by atoms with Crippen LogP contribution in [0.25, 0.3) is 0 Å². The van der Waals surface area contributed by atoms with Crippen LogP contribution in [0.4, 0.5) is 0 Å². The Morgan fingerprint density at radius 1 is 1.24 bits per heavy atom. The van der Waals surface area contributed by atoms with Gasteiger partial charge in [-0.2, -0.15) is 0 Å². The first-order valence-corrected chi connectivity index (χ1v) is 8.16. The van der Waals surface area contributed by atoms with Crippen LogP contribution in [-0.2, 0) is 15.3 Å². The maximum absolute atomic E-state index is 12.1. The van der Waals surface area contributed by atoms with E-state index in [9.17, 15) is 9.59 Å². The van der Waals surface area contributed by atoms with Crippen LogP contribution in [0.15, 0.2) is 46.7 Å². The number of carbonyl (C=O) groups excluding carboxylic acids is 2. The minimum atomic E-state index is -0.466. The van der Waals surface area contributed by atoms with Gasteiger partial charge in [-0.1, -0.05) is 18.2 Å². The number of thiophene rings is 1. The molecule has 1 N–H and O–H groups in total.